The molecule has 0 aromatic carbocycles. The van der Waals surface area contributed by atoms with E-state index in [-0.39, 0.29) is 6.54 Å². The van der Waals surface area contributed by atoms with Crippen molar-refractivity contribution < 1.29 is 16.8 Å². The predicted octanol–water partition coefficient (Wildman–Crippen LogP) is 1.75. The Labute approximate surface area is 190 Å². The molecule has 0 spiro atoms. The lowest BCUT2D eigenvalue weighted by Crippen LogP contribution is -2.39. The smallest absolute Gasteiger partial charge is 0.232 e. The Bertz CT molecular complexity index is 1420. The van der Waals surface area contributed by atoms with Crippen molar-refractivity contribution in [3.8, 4) is 21.1 Å². The lowest BCUT2D eigenvalue weighted by atomic mass is 10.1. The maximum Gasteiger partial charge on any atom is 0.232 e. The summed E-state index contributed by atoms with van der Waals surface area (Å²) >= 11 is 1.44. The summed E-state index contributed by atoms with van der Waals surface area (Å²) in [5, 5.41) is 0.788. The van der Waals surface area contributed by atoms with Crippen molar-refractivity contribution in [1.82, 2.24) is 25.2 Å². The van der Waals surface area contributed by atoms with E-state index in [4.69, 9.17) is 0 Å². The Morgan fingerprint density at radius 3 is 2.53 bits per heavy atom. The first-order chi connectivity index (χ1) is 15.0. The van der Waals surface area contributed by atoms with E-state index in [1.54, 1.807) is 30.6 Å². The predicted molar refractivity (Wildman–Crippen MR) is 125 cm³/mol. The molecule has 1 aliphatic rings. The molecule has 13 heteroatoms. The van der Waals surface area contributed by atoms with Crippen LogP contribution in [0.1, 0.15) is 11.4 Å². The second-order valence-electron chi connectivity index (χ2n) is 7.15. The first-order valence-corrected chi connectivity index (χ1v) is 13.9. The maximum atomic E-state index is 12.3. The average molecular weight is 493 g/mol. The number of aryl methyl sites for hydroxylation is 1. The molecule has 3 aromatic heterocycles. The largest absolute Gasteiger partial charge is 0.306 e. The Morgan fingerprint density at radius 1 is 1.09 bits per heavy atom. The number of thiazole rings is 1. The molecule has 0 fully saturated rings. The third-order valence-electron chi connectivity index (χ3n) is 4.57. The standard InChI is InChI=1S/C19H20N6O4S3/c1-12-18(30-19(21-12)13-5-4-9-20-11-13)15-6-7-16-17(22-15)14(23-24-31(2,26)27)8-10-25(16)32(3,28)29/h4-9,11,23-24H,10H2,1-3H3. The van der Waals surface area contributed by atoms with Gasteiger partial charge in [-0.2, -0.15) is 0 Å². The molecule has 0 amide bonds. The van der Waals surface area contributed by atoms with Crippen molar-refractivity contribution in [3.63, 3.8) is 0 Å². The van der Waals surface area contributed by atoms with Crippen LogP contribution in [0.3, 0.4) is 0 Å². The SMILES string of the molecule is Cc1nc(-c2cccnc2)sc1-c1ccc2c(n1)C(NNS(C)(=O)=O)=CCN2S(C)(=O)=O. The average Bonchev–Trinajstić information content (AvgIpc) is 3.12. The number of fused-ring (bicyclic) bond motifs is 1. The van der Waals surface area contributed by atoms with Gasteiger partial charge in [-0.15, -0.1) is 16.2 Å². The summed E-state index contributed by atoms with van der Waals surface area (Å²) in [5.74, 6) is 0. The number of aromatic nitrogens is 3. The van der Waals surface area contributed by atoms with Crippen molar-refractivity contribution in [3.05, 3.63) is 54.1 Å². The normalized spacial score (nSPS) is 14.1. The number of anilines is 1. The molecule has 4 heterocycles. The van der Waals surface area contributed by atoms with Gasteiger partial charge in [0.05, 0.1) is 46.7 Å². The van der Waals surface area contributed by atoms with E-state index >= 15 is 0 Å². The summed E-state index contributed by atoms with van der Waals surface area (Å²) in [6, 6.07) is 7.15. The minimum atomic E-state index is -3.56. The second kappa shape index (κ2) is 8.24. The van der Waals surface area contributed by atoms with Crippen LogP contribution in [0.25, 0.3) is 26.8 Å². The molecule has 0 saturated carbocycles. The Morgan fingerprint density at radius 2 is 1.88 bits per heavy atom. The van der Waals surface area contributed by atoms with Gasteiger partial charge in [-0.25, -0.2) is 26.8 Å². The number of rotatable bonds is 6. The molecule has 0 bridgehead atoms. The molecule has 0 radical (unpaired) electrons. The molecule has 10 nitrogen and oxygen atoms in total. The van der Waals surface area contributed by atoms with Gasteiger partial charge in [-0.3, -0.25) is 9.29 Å². The lowest BCUT2D eigenvalue weighted by molar-refractivity contribution is 0.581. The van der Waals surface area contributed by atoms with Crippen molar-refractivity contribution in [2.45, 2.75) is 6.92 Å². The quantitative estimate of drug-likeness (QED) is 0.497. The van der Waals surface area contributed by atoms with Crippen LogP contribution in [-0.4, -0.2) is 50.8 Å². The van der Waals surface area contributed by atoms with Gasteiger partial charge in [-0.1, -0.05) is 0 Å². The summed E-state index contributed by atoms with van der Waals surface area (Å²) in [6.07, 6.45) is 7.11. The second-order valence-corrected chi connectivity index (χ2v) is 11.8. The van der Waals surface area contributed by atoms with Gasteiger partial charge in [-0.05, 0) is 37.3 Å². The summed E-state index contributed by atoms with van der Waals surface area (Å²) in [7, 11) is -7.10. The molecule has 0 atom stereocenters. The van der Waals surface area contributed by atoms with Gasteiger partial charge in [0.25, 0.3) is 0 Å². The monoisotopic (exact) mass is 492 g/mol. The number of hydrogen-bond donors (Lipinski definition) is 2. The van der Waals surface area contributed by atoms with Gasteiger partial charge in [0.2, 0.25) is 20.0 Å². The van der Waals surface area contributed by atoms with Gasteiger partial charge < -0.3 is 5.43 Å². The van der Waals surface area contributed by atoms with Crippen LogP contribution in [0.4, 0.5) is 5.69 Å². The zero-order chi connectivity index (χ0) is 23.1. The fourth-order valence-electron chi connectivity index (χ4n) is 3.17. The van der Waals surface area contributed by atoms with E-state index in [2.05, 4.69) is 25.2 Å². The van der Waals surface area contributed by atoms with E-state index < -0.39 is 20.0 Å². The maximum absolute atomic E-state index is 12.3. The first-order valence-electron chi connectivity index (χ1n) is 9.33. The van der Waals surface area contributed by atoms with E-state index in [1.807, 2.05) is 19.1 Å². The van der Waals surface area contributed by atoms with Gasteiger partial charge >= 0.3 is 0 Å². The number of hydrogen-bond acceptors (Lipinski definition) is 9. The van der Waals surface area contributed by atoms with Gasteiger partial charge in [0.15, 0.2) is 0 Å². The molecule has 4 rings (SSSR count). The first kappa shape index (κ1) is 22.3. The molecule has 0 aliphatic carbocycles. The molecular weight excluding hydrogens is 472 g/mol. The number of hydrazine groups is 1. The fourth-order valence-corrected chi connectivity index (χ4v) is 5.34. The van der Waals surface area contributed by atoms with Crippen molar-refractivity contribution in [2.24, 2.45) is 0 Å². The third-order valence-corrected chi connectivity index (χ3v) is 7.42. The Hall–Kier alpha value is -2.87. The van der Waals surface area contributed by atoms with Crippen molar-refractivity contribution in [1.29, 1.82) is 0 Å². The summed E-state index contributed by atoms with van der Waals surface area (Å²) < 4.78 is 48.8. The van der Waals surface area contributed by atoms with Crippen LogP contribution >= 0.6 is 11.3 Å². The Kier molecular flexibility index (Phi) is 5.75. The molecule has 0 unspecified atom stereocenters. The highest BCUT2D eigenvalue weighted by Crippen LogP contribution is 2.37. The number of nitrogens with zero attached hydrogens (tertiary/aromatic N) is 4. The van der Waals surface area contributed by atoms with Crippen LogP contribution in [0.15, 0.2) is 42.7 Å². The number of nitrogens with one attached hydrogen (secondary N) is 2. The Balaban J connectivity index is 1.79. The molecule has 0 saturated heterocycles. The molecule has 1 aliphatic heterocycles. The highest BCUT2D eigenvalue weighted by Gasteiger charge is 2.27. The third kappa shape index (κ3) is 4.65. The molecule has 2 N–H and O–H groups in total. The van der Waals surface area contributed by atoms with E-state index in [1.165, 1.54) is 15.6 Å². The number of pyridine rings is 2. The summed E-state index contributed by atoms with van der Waals surface area (Å²) in [4.78, 5) is 16.5. The van der Waals surface area contributed by atoms with Crippen LogP contribution in [-0.2, 0) is 20.0 Å². The summed E-state index contributed by atoms with van der Waals surface area (Å²) in [6.45, 7) is 1.92. The zero-order valence-corrected chi connectivity index (χ0v) is 19.8. The van der Waals surface area contributed by atoms with Crippen LogP contribution in [0.5, 0.6) is 0 Å². The van der Waals surface area contributed by atoms with E-state index in [9.17, 15) is 16.8 Å². The summed E-state index contributed by atoms with van der Waals surface area (Å²) in [5.41, 5.74) is 5.90. The molecular formula is C19H20N6O4S3. The minimum Gasteiger partial charge on any atom is -0.306 e. The highest BCUT2D eigenvalue weighted by atomic mass is 32.2. The van der Waals surface area contributed by atoms with Crippen LogP contribution in [0, 0.1) is 6.92 Å². The van der Waals surface area contributed by atoms with Crippen molar-refractivity contribution >= 4 is 42.8 Å². The fraction of sp³-hybridized carbons (Fsp3) is 0.211. The van der Waals surface area contributed by atoms with Crippen LogP contribution < -0.4 is 14.6 Å². The molecule has 3 aromatic rings. The van der Waals surface area contributed by atoms with Gasteiger partial charge in [0.1, 0.15) is 10.7 Å². The topological polar surface area (TPSA) is 134 Å². The van der Waals surface area contributed by atoms with E-state index in [0.29, 0.717) is 22.8 Å². The zero-order valence-electron chi connectivity index (χ0n) is 17.4. The van der Waals surface area contributed by atoms with Crippen molar-refractivity contribution in [2.75, 3.05) is 23.4 Å². The van der Waals surface area contributed by atoms with E-state index in [0.717, 1.165) is 33.7 Å². The van der Waals surface area contributed by atoms with Gasteiger partial charge in [0, 0.05) is 18.0 Å². The minimum absolute atomic E-state index is 0.0470. The molecule has 168 valence electrons. The number of sulfonamides is 2. The molecule has 32 heavy (non-hydrogen) atoms. The highest BCUT2D eigenvalue weighted by molar-refractivity contribution is 7.92. The van der Waals surface area contributed by atoms with Crippen LogP contribution in [0.2, 0.25) is 0 Å². The lowest BCUT2D eigenvalue weighted by Gasteiger charge is -2.28.